The molecule has 0 spiro atoms. The minimum absolute atomic E-state index is 0.0110. The summed E-state index contributed by atoms with van der Waals surface area (Å²) < 4.78 is 0. The highest BCUT2D eigenvalue weighted by Crippen LogP contribution is 2.31. The van der Waals surface area contributed by atoms with Crippen molar-refractivity contribution in [1.82, 2.24) is 0 Å². The summed E-state index contributed by atoms with van der Waals surface area (Å²) in [7, 11) is 0. The van der Waals surface area contributed by atoms with Gasteiger partial charge in [-0.15, -0.1) is 0 Å². The lowest BCUT2D eigenvalue weighted by molar-refractivity contribution is 0.404. The summed E-state index contributed by atoms with van der Waals surface area (Å²) in [4.78, 5) is 0. The third kappa shape index (κ3) is 3.91. The Balaban J connectivity index is 0.000000180. The molecular weight excluding hydrogens is 279 g/mol. The molecule has 0 aromatic heterocycles. The number of hydrogen-bond acceptors (Lipinski definition) is 4. The van der Waals surface area contributed by atoms with Crippen molar-refractivity contribution in [3.63, 3.8) is 0 Å². The van der Waals surface area contributed by atoms with Crippen molar-refractivity contribution in [1.29, 1.82) is 0 Å². The van der Waals surface area contributed by atoms with Crippen LogP contribution in [-0.4, -0.2) is 20.4 Å². The van der Waals surface area contributed by atoms with Crippen LogP contribution in [0.3, 0.4) is 0 Å². The molecule has 18 heavy (non-hydrogen) atoms. The third-order valence-corrected chi connectivity index (χ3v) is 2.52. The van der Waals surface area contributed by atoms with Crippen LogP contribution in [0, 0.1) is 0 Å². The predicted molar refractivity (Wildman–Crippen MR) is 69.6 cm³/mol. The highest BCUT2D eigenvalue weighted by atomic mass is 35.5. The van der Waals surface area contributed by atoms with Crippen LogP contribution in [0.5, 0.6) is 23.0 Å². The van der Waals surface area contributed by atoms with E-state index in [1.165, 1.54) is 30.3 Å². The SMILES string of the molecule is Oc1ccc(Cl)c(O)c1.Oc1cccc(Cl)c1O. The van der Waals surface area contributed by atoms with Crippen LogP contribution >= 0.6 is 23.2 Å². The second-order valence-electron chi connectivity index (χ2n) is 3.24. The predicted octanol–water partition coefficient (Wildman–Crippen LogP) is 3.50. The Hall–Kier alpha value is -1.78. The van der Waals surface area contributed by atoms with Gasteiger partial charge in [-0.1, -0.05) is 29.3 Å². The maximum atomic E-state index is 8.82. The maximum Gasteiger partial charge on any atom is 0.176 e. The zero-order valence-electron chi connectivity index (χ0n) is 9.01. The Morgan fingerprint density at radius 2 is 1.39 bits per heavy atom. The van der Waals surface area contributed by atoms with E-state index in [-0.39, 0.29) is 33.0 Å². The average molecular weight is 289 g/mol. The molecular formula is C12H10Cl2O4. The molecule has 2 rings (SSSR count). The molecule has 0 unspecified atom stereocenters. The number of hydrogen-bond donors (Lipinski definition) is 4. The van der Waals surface area contributed by atoms with Crippen molar-refractivity contribution in [2.75, 3.05) is 0 Å². The summed E-state index contributed by atoms with van der Waals surface area (Å²) in [5.74, 6) is -0.546. The van der Waals surface area contributed by atoms with Gasteiger partial charge in [-0.05, 0) is 24.3 Å². The summed E-state index contributed by atoms with van der Waals surface area (Å²) in [6.45, 7) is 0. The van der Waals surface area contributed by atoms with Crippen LogP contribution in [0.25, 0.3) is 0 Å². The third-order valence-electron chi connectivity index (χ3n) is 1.90. The van der Waals surface area contributed by atoms with E-state index < -0.39 is 0 Å². The summed E-state index contributed by atoms with van der Waals surface area (Å²) in [6.07, 6.45) is 0. The average Bonchev–Trinajstić information content (AvgIpc) is 2.32. The number of rotatable bonds is 0. The molecule has 0 saturated carbocycles. The van der Waals surface area contributed by atoms with Gasteiger partial charge >= 0.3 is 0 Å². The number of phenols is 4. The van der Waals surface area contributed by atoms with E-state index in [1.807, 2.05) is 0 Å². The number of phenolic OH excluding ortho intramolecular Hbond substituents is 4. The largest absolute Gasteiger partial charge is 0.508 e. The normalized spacial score (nSPS) is 9.44. The lowest BCUT2D eigenvalue weighted by atomic mass is 10.3. The Kier molecular flexibility index (Phi) is 4.95. The van der Waals surface area contributed by atoms with E-state index in [0.29, 0.717) is 0 Å². The fourth-order valence-corrected chi connectivity index (χ4v) is 1.29. The standard InChI is InChI=1S/2C6H5ClO2/c7-5-2-1-4(8)3-6(5)9;7-4-2-1-3-5(8)6(4)9/h2*1-3,8-9H. The first-order valence-corrected chi connectivity index (χ1v) is 5.51. The van der Waals surface area contributed by atoms with Gasteiger partial charge in [0, 0.05) is 6.07 Å². The molecule has 2 aromatic carbocycles. The molecule has 0 aliphatic heterocycles. The summed E-state index contributed by atoms with van der Waals surface area (Å²) in [6, 6.07) is 8.42. The highest BCUT2D eigenvalue weighted by molar-refractivity contribution is 6.32. The molecule has 6 heteroatoms. The van der Waals surface area contributed by atoms with Gasteiger partial charge in [0.1, 0.15) is 11.5 Å². The van der Waals surface area contributed by atoms with Crippen LogP contribution < -0.4 is 0 Å². The molecule has 96 valence electrons. The van der Waals surface area contributed by atoms with Crippen molar-refractivity contribution in [3.8, 4) is 23.0 Å². The van der Waals surface area contributed by atoms with Gasteiger partial charge in [-0.25, -0.2) is 0 Å². The van der Waals surface area contributed by atoms with Gasteiger partial charge in [0.2, 0.25) is 0 Å². The van der Waals surface area contributed by atoms with Crippen LogP contribution in [0.1, 0.15) is 0 Å². The van der Waals surface area contributed by atoms with Crippen LogP contribution in [0.2, 0.25) is 10.0 Å². The van der Waals surface area contributed by atoms with E-state index in [4.69, 9.17) is 43.6 Å². The molecule has 0 atom stereocenters. The number of aromatic hydroxyl groups is 4. The minimum Gasteiger partial charge on any atom is -0.508 e. The molecule has 0 fully saturated rings. The molecule has 0 aliphatic rings. The van der Waals surface area contributed by atoms with E-state index in [0.717, 1.165) is 0 Å². The molecule has 4 nitrogen and oxygen atoms in total. The lowest BCUT2D eigenvalue weighted by Gasteiger charge is -1.96. The lowest BCUT2D eigenvalue weighted by Crippen LogP contribution is -1.67. The second-order valence-corrected chi connectivity index (χ2v) is 4.06. The second kappa shape index (κ2) is 6.23. The first-order chi connectivity index (χ1) is 8.41. The number of halogens is 2. The summed E-state index contributed by atoms with van der Waals surface area (Å²) in [5, 5.41) is 35.5. The van der Waals surface area contributed by atoms with Gasteiger partial charge < -0.3 is 20.4 Å². The van der Waals surface area contributed by atoms with E-state index in [2.05, 4.69) is 0 Å². The first-order valence-electron chi connectivity index (χ1n) is 4.75. The summed E-state index contributed by atoms with van der Waals surface area (Å²) >= 11 is 10.8. The number of benzene rings is 2. The fourth-order valence-electron chi connectivity index (χ4n) is 1.01. The van der Waals surface area contributed by atoms with E-state index in [1.54, 1.807) is 6.07 Å². The van der Waals surface area contributed by atoms with Crippen molar-refractivity contribution < 1.29 is 20.4 Å². The zero-order valence-corrected chi connectivity index (χ0v) is 10.5. The molecule has 0 radical (unpaired) electrons. The van der Waals surface area contributed by atoms with Gasteiger partial charge in [0.25, 0.3) is 0 Å². The van der Waals surface area contributed by atoms with Crippen molar-refractivity contribution in [3.05, 3.63) is 46.4 Å². The van der Waals surface area contributed by atoms with E-state index >= 15 is 0 Å². The van der Waals surface area contributed by atoms with Crippen LogP contribution in [-0.2, 0) is 0 Å². The van der Waals surface area contributed by atoms with Crippen molar-refractivity contribution >= 4 is 23.2 Å². The topological polar surface area (TPSA) is 80.9 Å². The van der Waals surface area contributed by atoms with Gasteiger partial charge in [-0.3, -0.25) is 0 Å². The smallest absolute Gasteiger partial charge is 0.176 e. The zero-order chi connectivity index (χ0) is 13.7. The van der Waals surface area contributed by atoms with Crippen molar-refractivity contribution in [2.24, 2.45) is 0 Å². The van der Waals surface area contributed by atoms with E-state index in [9.17, 15) is 0 Å². The molecule has 0 amide bonds. The van der Waals surface area contributed by atoms with Crippen LogP contribution in [0.4, 0.5) is 0 Å². The molecule has 0 heterocycles. The quantitative estimate of drug-likeness (QED) is 0.559. The molecule has 0 bridgehead atoms. The molecule has 0 saturated heterocycles. The Labute approximate surface area is 113 Å². The minimum atomic E-state index is -0.265. The highest BCUT2D eigenvalue weighted by Gasteiger charge is 2.00. The fraction of sp³-hybridized carbons (Fsp3) is 0. The monoisotopic (exact) mass is 288 g/mol. The van der Waals surface area contributed by atoms with Gasteiger partial charge in [-0.2, -0.15) is 0 Å². The van der Waals surface area contributed by atoms with Gasteiger partial charge in [0.05, 0.1) is 10.0 Å². The Morgan fingerprint density at radius 3 is 1.83 bits per heavy atom. The Morgan fingerprint density at radius 1 is 0.722 bits per heavy atom. The molecule has 4 N–H and O–H groups in total. The first kappa shape index (κ1) is 14.3. The van der Waals surface area contributed by atoms with Crippen molar-refractivity contribution in [2.45, 2.75) is 0 Å². The number of para-hydroxylation sites is 1. The molecule has 2 aromatic rings. The van der Waals surface area contributed by atoms with Crippen LogP contribution in [0.15, 0.2) is 36.4 Å². The molecule has 0 aliphatic carbocycles. The van der Waals surface area contributed by atoms with Gasteiger partial charge in [0.15, 0.2) is 11.5 Å². The maximum absolute atomic E-state index is 8.82. The Bertz CT molecular complexity index is 523. The summed E-state index contributed by atoms with van der Waals surface area (Å²) in [5.41, 5.74) is 0.